The molecular formula is C11H12ClNO. The molecule has 2 nitrogen and oxygen atoms in total. The Kier molecular flexibility index (Phi) is 2.75. The standard InChI is InChI=1S/C11H12ClNO/c12-10-7-11-9(3-5-14-11)6-8(10)2-1-4-13/h3,5-7H,1-2,4,13H2. The summed E-state index contributed by atoms with van der Waals surface area (Å²) in [6, 6.07) is 5.87. The smallest absolute Gasteiger partial charge is 0.135 e. The van der Waals surface area contributed by atoms with Crippen molar-refractivity contribution < 1.29 is 4.42 Å². The fourth-order valence-corrected chi connectivity index (χ4v) is 1.76. The Bertz CT molecular complexity index is 436. The molecule has 0 aliphatic rings. The number of hydrogen-bond donors (Lipinski definition) is 1. The van der Waals surface area contributed by atoms with Gasteiger partial charge in [-0.2, -0.15) is 0 Å². The summed E-state index contributed by atoms with van der Waals surface area (Å²) in [6.07, 6.45) is 3.56. The van der Waals surface area contributed by atoms with E-state index in [-0.39, 0.29) is 0 Å². The first kappa shape index (κ1) is 9.56. The molecule has 1 aromatic heterocycles. The lowest BCUT2D eigenvalue weighted by atomic mass is 10.1. The van der Waals surface area contributed by atoms with Crippen molar-refractivity contribution in [2.45, 2.75) is 12.8 Å². The summed E-state index contributed by atoms with van der Waals surface area (Å²) in [7, 11) is 0. The number of fused-ring (bicyclic) bond motifs is 1. The molecule has 0 saturated carbocycles. The Morgan fingerprint density at radius 3 is 3.00 bits per heavy atom. The molecule has 0 bridgehead atoms. The fraction of sp³-hybridized carbons (Fsp3) is 0.273. The highest BCUT2D eigenvalue weighted by molar-refractivity contribution is 6.32. The highest BCUT2D eigenvalue weighted by atomic mass is 35.5. The van der Waals surface area contributed by atoms with Gasteiger partial charge in [-0.1, -0.05) is 11.6 Å². The minimum Gasteiger partial charge on any atom is -0.464 e. The van der Waals surface area contributed by atoms with Gasteiger partial charge in [-0.05, 0) is 37.1 Å². The molecule has 0 aliphatic carbocycles. The van der Waals surface area contributed by atoms with Crippen molar-refractivity contribution in [2.75, 3.05) is 6.54 Å². The van der Waals surface area contributed by atoms with E-state index < -0.39 is 0 Å². The van der Waals surface area contributed by atoms with E-state index in [0.717, 1.165) is 34.4 Å². The lowest BCUT2D eigenvalue weighted by molar-refractivity contribution is 0.616. The van der Waals surface area contributed by atoms with Crippen LogP contribution in [0, 0.1) is 0 Å². The molecule has 2 N–H and O–H groups in total. The van der Waals surface area contributed by atoms with Crippen LogP contribution in [0.2, 0.25) is 5.02 Å². The summed E-state index contributed by atoms with van der Waals surface area (Å²) >= 11 is 6.10. The Labute approximate surface area is 87.6 Å². The summed E-state index contributed by atoms with van der Waals surface area (Å²) in [5, 5.41) is 1.86. The van der Waals surface area contributed by atoms with Gasteiger partial charge in [0.2, 0.25) is 0 Å². The van der Waals surface area contributed by atoms with Gasteiger partial charge in [-0.3, -0.25) is 0 Å². The van der Waals surface area contributed by atoms with Crippen molar-refractivity contribution in [1.82, 2.24) is 0 Å². The second-order valence-electron chi connectivity index (χ2n) is 3.29. The van der Waals surface area contributed by atoms with E-state index >= 15 is 0 Å². The monoisotopic (exact) mass is 209 g/mol. The van der Waals surface area contributed by atoms with Crippen LogP contribution >= 0.6 is 11.6 Å². The summed E-state index contributed by atoms with van der Waals surface area (Å²) < 4.78 is 5.25. The minimum atomic E-state index is 0.694. The van der Waals surface area contributed by atoms with Crippen LogP contribution in [0.5, 0.6) is 0 Å². The van der Waals surface area contributed by atoms with Crippen molar-refractivity contribution in [2.24, 2.45) is 5.73 Å². The summed E-state index contributed by atoms with van der Waals surface area (Å²) in [5.74, 6) is 0. The van der Waals surface area contributed by atoms with Gasteiger partial charge < -0.3 is 10.2 Å². The van der Waals surface area contributed by atoms with E-state index in [9.17, 15) is 0 Å². The van der Waals surface area contributed by atoms with Crippen LogP contribution in [0.1, 0.15) is 12.0 Å². The lowest BCUT2D eigenvalue weighted by Crippen LogP contribution is -2.00. The molecule has 0 unspecified atom stereocenters. The number of halogens is 1. The number of benzene rings is 1. The summed E-state index contributed by atoms with van der Waals surface area (Å²) in [5.41, 5.74) is 7.44. The first-order chi connectivity index (χ1) is 6.81. The largest absolute Gasteiger partial charge is 0.464 e. The summed E-state index contributed by atoms with van der Waals surface area (Å²) in [6.45, 7) is 0.694. The number of rotatable bonds is 3. The second-order valence-corrected chi connectivity index (χ2v) is 3.70. The molecule has 1 heterocycles. The molecule has 0 atom stereocenters. The van der Waals surface area contributed by atoms with Gasteiger partial charge in [0, 0.05) is 16.5 Å². The Morgan fingerprint density at radius 2 is 2.21 bits per heavy atom. The van der Waals surface area contributed by atoms with Gasteiger partial charge in [-0.15, -0.1) is 0 Å². The van der Waals surface area contributed by atoms with Crippen molar-refractivity contribution in [1.29, 1.82) is 0 Å². The molecular weight excluding hydrogens is 198 g/mol. The lowest BCUT2D eigenvalue weighted by Gasteiger charge is -2.02. The number of aryl methyl sites for hydroxylation is 1. The molecule has 74 valence electrons. The predicted octanol–water partition coefficient (Wildman–Crippen LogP) is 2.98. The highest BCUT2D eigenvalue weighted by Gasteiger charge is 2.04. The number of nitrogens with two attached hydrogens (primary N) is 1. The molecule has 0 fully saturated rings. The maximum absolute atomic E-state index is 6.10. The van der Waals surface area contributed by atoms with Crippen molar-refractivity contribution in [3.05, 3.63) is 35.0 Å². The van der Waals surface area contributed by atoms with Crippen LogP contribution in [-0.4, -0.2) is 6.54 Å². The predicted molar refractivity (Wildman–Crippen MR) is 58.6 cm³/mol. The van der Waals surface area contributed by atoms with Gasteiger partial charge in [0.1, 0.15) is 5.58 Å². The van der Waals surface area contributed by atoms with E-state index in [1.54, 1.807) is 6.26 Å². The minimum absolute atomic E-state index is 0.694. The van der Waals surface area contributed by atoms with Crippen LogP contribution in [-0.2, 0) is 6.42 Å². The number of furan rings is 1. The van der Waals surface area contributed by atoms with Crippen LogP contribution in [0.4, 0.5) is 0 Å². The molecule has 1 aromatic carbocycles. The zero-order valence-electron chi connectivity index (χ0n) is 7.79. The molecule has 2 aromatic rings. The Hall–Kier alpha value is -0.990. The van der Waals surface area contributed by atoms with Crippen LogP contribution in [0.3, 0.4) is 0 Å². The maximum Gasteiger partial charge on any atom is 0.135 e. The molecule has 0 spiro atoms. The Balaban J connectivity index is 2.38. The highest BCUT2D eigenvalue weighted by Crippen LogP contribution is 2.25. The second kappa shape index (κ2) is 4.03. The van der Waals surface area contributed by atoms with E-state index in [1.165, 1.54) is 0 Å². The Morgan fingerprint density at radius 1 is 1.36 bits per heavy atom. The third kappa shape index (κ3) is 1.76. The van der Waals surface area contributed by atoms with E-state index in [2.05, 4.69) is 6.07 Å². The van der Waals surface area contributed by atoms with Crippen molar-refractivity contribution in [3.8, 4) is 0 Å². The molecule has 0 radical (unpaired) electrons. The van der Waals surface area contributed by atoms with Crippen LogP contribution in [0.15, 0.2) is 28.9 Å². The van der Waals surface area contributed by atoms with Gasteiger partial charge in [0.25, 0.3) is 0 Å². The molecule has 0 saturated heterocycles. The normalized spacial score (nSPS) is 11.0. The van der Waals surface area contributed by atoms with Gasteiger partial charge in [0.15, 0.2) is 0 Å². The molecule has 0 amide bonds. The van der Waals surface area contributed by atoms with Crippen LogP contribution in [0.25, 0.3) is 11.0 Å². The first-order valence-electron chi connectivity index (χ1n) is 4.67. The zero-order chi connectivity index (χ0) is 9.97. The average Bonchev–Trinajstić information content (AvgIpc) is 2.61. The molecule has 0 aliphatic heterocycles. The molecule has 2 rings (SSSR count). The van der Waals surface area contributed by atoms with Gasteiger partial charge in [0.05, 0.1) is 6.26 Å². The molecule has 3 heteroatoms. The van der Waals surface area contributed by atoms with Gasteiger partial charge >= 0.3 is 0 Å². The van der Waals surface area contributed by atoms with Gasteiger partial charge in [-0.25, -0.2) is 0 Å². The third-order valence-corrected chi connectivity index (χ3v) is 2.62. The van der Waals surface area contributed by atoms with E-state index in [1.807, 2.05) is 12.1 Å². The topological polar surface area (TPSA) is 39.2 Å². The molecule has 14 heavy (non-hydrogen) atoms. The first-order valence-corrected chi connectivity index (χ1v) is 5.05. The van der Waals surface area contributed by atoms with E-state index in [4.69, 9.17) is 21.8 Å². The van der Waals surface area contributed by atoms with Crippen LogP contribution < -0.4 is 5.73 Å². The van der Waals surface area contributed by atoms with Crippen molar-refractivity contribution >= 4 is 22.6 Å². The maximum atomic E-state index is 6.10. The quantitative estimate of drug-likeness (QED) is 0.844. The summed E-state index contributed by atoms with van der Waals surface area (Å²) in [4.78, 5) is 0. The van der Waals surface area contributed by atoms with E-state index in [0.29, 0.717) is 6.54 Å². The third-order valence-electron chi connectivity index (χ3n) is 2.27. The van der Waals surface area contributed by atoms with Crippen molar-refractivity contribution in [3.63, 3.8) is 0 Å². The SMILES string of the molecule is NCCCc1cc2ccoc2cc1Cl. The fourth-order valence-electron chi connectivity index (χ4n) is 1.52. The zero-order valence-corrected chi connectivity index (χ0v) is 8.55. The average molecular weight is 210 g/mol. The number of hydrogen-bond acceptors (Lipinski definition) is 2.